The maximum Gasteiger partial charge on any atom is 0.324 e. The summed E-state index contributed by atoms with van der Waals surface area (Å²) in [6, 6.07) is 4.47. The number of nitrogens with zero attached hydrogens (tertiary/aromatic N) is 4. The molecule has 2 aromatic heterocycles. The standard InChI is InChI=1S/C21H25FN6O2/c22-11-14-3-1-6-26(13-14)20(29)16-9-15-4-2-7-27(19(15)25-12-16)17-5-8-28(21(24)30)18(23)10-17/h5,8-10,12,14,23H,1-4,6-7,11,13H2,(H2,24,30). The van der Waals surface area contributed by atoms with E-state index in [-0.39, 0.29) is 17.3 Å². The van der Waals surface area contributed by atoms with Crippen molar-refractivity contribution in [1.29, 1.82) is 5.41 Å². The fraction of sp³-hybridized carbons (Fsp3) is 0.429. The number of nitrogens with one attached hydrogen (secondary N) is 1. The van der Waals surface area contributed by atoms with E-state index in [0.29, 0.717) is 18.7 Å². The second kappa shape index (κ2) is 8.25. The molecule has 8 nitrogen and oxygen atoms in total. The van der Waals surface area contributed by atoms with Crippen molar-refractivity contribution in [3.8, 4) is 0 Å². The molecule has 1 atom stereocenters. The Hall–Kier alpha value is -3.23. The Balaban J connectivity index is 1.60. The van der Waals surface area contributed by atoms with Gasteiger partial charge in [0.25, 0.3) is 5.91 Å². The Labute approximate surface area is 173 Å². The molecule has 2 aromatic rings. The van der Waals surface area contributed by atoms with E-state index in [9.17, 15) is 14.0 Å². The quantitative estimate of drug-likeness (QED) is 0.805. The van der Waals surface area contributed by atoms with Crippen LogP contribution in [0.2, 0.25) is 0 Å². The smallest absolute Gasteiger partial charge is 0.324 e. The van der Waals surface area contributed by atoms with Gasteiger partial charge in [0.2, 0.25) is 0 Å². The zero-order valence-electron chi connectivity index (χ0n) is 16.7. The summed E-state index contributed by atoms with van der Waals surface area (Å²) in [5.74, 6) is 0.564. The van der Waals surface area contributed by atoms with E-state index in [1.54, 1.807) is 23.2 Å². The average molecular weight is 412 g/mol. The van der Waals surface area contributed by atoms with E-state index in [0.717, 1.165) is 53.9 Å². The first-order valence-corrected chi connectivity index (χ1v) is 10.2. The SMILES string of the molecule is N=c1cc(N2CCCc3cc(C(=O)N4CCCC(CF)C4)cnc32)ccn1C(N)=O. The van der Waals surface area contributed by atoms with Gasteiger partial charge < -0.3 is 15.5 Å². The lowest BCUT2D eigenvalue weighted by Gasteiger charge is -2.33. The maximum absolute atomic E-state index is 13.0. The van der Waals surface area contributed by atoms with Gasteiger partial charge in [0.15, 0.2) is 0 Å². The highest BCUT2D eigenvalue weighted by molar-refractivity contribution is 5.94. The van der Waals surface area contributed by atoms with Gasteiger partial charge in [-0.25, -0.2) is 9.78 Å². The van der Waals surface area contributed by atoms with E-state index in [2.05, 4.69) is 4.98 Å². The van der Waals surface area contributed by atoms with E-state index in [1.165, 1.54) is 6.20 Å². The van der Waals surface area contributed by atoms with Crippen molar-refractivity contribution in [2.45, 2.75) is 25.7 Å². The van der Waals surface area contributed by atoms with E-state index >= 15 is 0 Å². The minimum atomic E-state index is -0.709. The molecule has 1 fully saturated rings. The first kappa shape index (κ1) is 20.1. The largest absolute Gasteiger partial charge is 0.351 e. The van der Waals surface area contributed by atoms with Crippen LogP contribution in [0.4, 0.5) is 20.7 Å². The Morgan fingerprint density at radius 1 is 1.27 bits per heavy atom. The summed E-state index contributed by atoms with van der Waals surface area (Å²) in [6.07, 6.45) is 6.37. The van der Waals surface area contributed by atoms with Crippen molar-refractivity contribution in [3.63, 3.8) is 0 Å². The van der Waals surface area contributed by atoms with Crippen molar-refractivity contribution < 1.29 is 14.0 Å². The molecule has 4 rings (SSSR count). The van der Waals surface area contributed by atoms with Gasteiger partial charge in [-0.2, -0.15) is 0 Å². The van der Waals surface area contributed by atoms with Crippen molar-refractivity contribution >= 4 is 23.4 Å². The number of halogens is 1. The third kappa shape index (κ3) is 3.79. The zero-order valence-corrected chi connectivity index (χ0v) is 16.7. The highest BCUT2D eigenvalue weighted by Gasteiger charge is 2.27. The van der Waals surface area contributed by atoms with Crippen LogP contribution in [-0.4, -0.2) is 52.7 Å². The summed E-state index contributed by atoms with van der Waals surface area (Å²) < 4.78 is 14.1. The zero-order chi connectivity index (χ0) is 21.3. The van der Waals surface area contributed by atoms with Crippen LogP contribution in [0.5, 0.6) is 0 Å². The normalized spacial score (nSPS) is 18.8. The second-order valence-corrected chi connectivity index (χ2v) is 7.85. The molecule has 0 saturated carbocycles. The summed E-state index contributed by atoms with van der Waals surface area (Å²) in [7, 11) is 0. The lowest BCUT2D eigenvalue weighted by molar-refractivity contribution is 0.0656. The molecule has 2 aliphatic heterocycles. The Morgan fingerprint density at radius 3 is 2.83 bits per heavy atom. The van der Waals surface area contributed by atoms with Crippen LogP contribution in [0.3, 0.4) is 0 Å². The van der Waals surface area contributed by atoms with Crippen molar-refractivity contribution in [2.24, 2.45) is 11.7 Å². The molecule has 1 saturated heterocycles. The Morgan fingerprint density at radius 2 is 2.10 bits per heavy atom. The molecule has 0 spiro atoms. The first-order valence-electron chi connectivity index (χ1n) is 10.2. The number of likely N-dealkylation sites (tertiary alicyclic amines) is 1. The maximum atomic E-state index is 13.0. The summed E-state index contributed by atoms with van der Waals surface area (Å²) in [6.45, 7) is 1.42. The lowest BCUT2D eigenvalue weighted by Crippen LogP contribution is -2.40. The summed E-state index contributed by atoms with van der Waals surface area (Å²) in [5.41, 5.74) is 7.49. The fourth-order valence-corrected chi connectivity index (χ4v) is 4.24. The monoisotopic (exact) mass is 412 g/mol. The fourth-order valence-electron chi connectivity index (χ4n) is 4.24. The van der Waals surface area contributed by atoms with E-state index in [1.807, 2.05) is 11.0 Å². The minimum Gasteiger partial charge on any atom is -0.351 e. The summed E-state index contributed by atoms with van der Waals surface area (Å²) >= 11 is 0. The molecule has 30 heavy (non-hydrogen) atoms. The molecule has 0 bridgehead atoms. The predicted molar refractivity (Wildman–Crippen MR) is 109 cm³/mol. The van der Waals surface area contributed by atoms with Crippen LogP contribution in [-0.2, 0) is 6.42 Å². The number of anilines is 2. The third-order valence-corrected chi connectivity index (χ3v) is 5.79. The number of fused-ring (bicyclic) bond motifs is 1. The number of carbonyl (C=O) groups is 2. The number of piperidine rings is 1. The summed E-state index contributed by atoms with van der Waals surface area (Å²) in [5, 5.41) is 8.02. The van der Waals surface area contributed by atoms with Gasteiger partial charge >= 0.3 is 6.03 Å². The number of aromatic nitrogens is 2. The molecular weight excluding hydrogens is 387 g/mol. The molecular formula is C21H25FN6O2. The molecule has 4 heterocycles. The predicted octanol–water partition coefficient (Wildman–Crippen LogP) is 2.20. The van der Waals surface area contributed by atoms with Gasteiger partial charge in [-0.05, 0) is 43.4 Å². The van der Waals surface area contributed by atoms with Gasteiger partial charge in [-0.15, -0.1) is 0 Å². The van der Waals surface area contributed by atoms with Crippen LogP contribution in [0.1, 0.15) is 35.2 Å². The van der Waals surface area contributed by atoms with Gasteiger partial charge in [0, 0.05) is 49.7 Å². The third-order valence-electron chi connectivity index (χ3n) is 5.79. The Bertz CT molecular complexity index is 1040. The minimum absolute atomic E-state index is 0.00793. The number of alkyl halides is 1. The highest BCUT2D eigenvalue weighted by atomic mass is 19.1. The van der Waals surface area contributed by atoms with Crippen LogP contribution >= 0.6 is 0 Å². The number of primary amides is 1. The van der Waals surface area contributed by atoms with Gasteiger partial charge in [-0.3, -0.25) is 19.2 Å². The molecule has 1 unspecified atom stereocenters. The Kier molecular flexibility index (Phi) is 5.52. The van der Waals surface area contributed by atoms with E-state index < -0.39 is 12.7 Å². The highest BCUT2D eigenvalue weighted by Crippen LogP contribution is 2.32. The first-order chi connectivity index (χ1) is 14.5. The topological polar surface area (TPSA) is 108 Å². The average Bonchev–Trinajstić information content (AvgIpc) is 2.77. The van der Waals surface area contributed by atoms with Crippen molar-refractivity contribution in [2.75, 3.05) is 31.2 Å². The molecule has 0 aliphatic carbocycles. The van der Waals surface area contributed by atoms with Crippen LogP contribution in [0, 0.1) is 11.3 Å². The number of rotatable bonds is 3. The number of aryl methyl sites for hydroxylation is 1. The number of hydrogen-bond acceptors (Lipinski definition) is 5. The van der Waals surface area contributed by atoms with Gasteiger partial charge in [0.1, 0.15) is 11.3 Å². The number of pyridine rings is 2. The molecule has 0 radical (unpaired) electrons. The van der Waals surface area contributed by atoms with Crippen molar-refractivity contribution in [3.05, 3.63) is 47.2 Å². The molecule has 9 heteroatoms. The molecule has 2 aliphatic rings. The number of hydrogen-bond donors (Lipinski definition) is 2. The second-order valence-electron chi connectivity index (χ2n) is 7.85. The molecule has 0 aromatic carbocycles. The number of nitrogens with two attached hydrogens (primary N) is 1. The van der Waals surface area contributed by atoms with Crippen molar-refractivity contribution in [1.82, 2.24) is 14.5 Å². The lowest BCUT2D eigenvalue weighted by atomic mass is 9.98. The number of carbonyl (C=O) groups excluding carboxylic acids is 2. The van der Waals surface area contributed by atoms with Gasteiger partial charge in [0.05, 0.1) is 12.2 Å². The summed E-state index contributed by atoms with van der Waals surface area (Å²) in [4.78, 5) is 32.6. The molecule has 2 amide bonds. The van der Waals surface area contributed by atoms with E-state index in [4.69, 9.17) is 11.1 Å². The molecule has 3 N–H and O–H groups in total. The van der Waals surface area contributed by atoms with Crippen LogP contribution in [0.25, 0.3) is 0 Å². The van der Waals surface area contributed by atoms with Gasteiger partial charge in [-0.1, -0.05) is 0 Å². The van der Waals surface area contributed by atoms with Crippen LogP contribution in [0.15, 0.2) is 30.6 Å². The van der Waals surface area contributed by atoms with Crippen LogP contribution < -0.4 is 16.1 Å². The number of amides is 2. The molecule has 158 valence electrons.